The van der Waals surface area contributed by atoms with Gasteiger partial charge in [0.05, 0.1) is 5.75 Å². The van der Waals surface area contributed by atoms with Crippen molar-refractivity contribution in [2.45, 2.75) is 6.92 Å². The predicted octanol–water partition coefficient (Wildman–Crippen LogP) is -0.239. The highest BCUT2D eigenvalue weighted by Crippen LogP contribution is 1.99. The number of rotatable bonds is 6. The lowest BCUT2D eigenvalue weighted by Gasteiger charge is -2.04. The average Bonchev–Trinajstić information content (AvgIpc) is 2.56. The molecule has 80 valence electrons. The first-order valence-corrected chi connectivity index (χ1v) is 6.00. The molecular weight excluding hydrogens is 204 g/mol. The number of H-pyrrole nitrogens is 1. The number of imidazole rings is 1. The van der Waals surface area contributed by atoms with Crippen LogP contribution in [0.25, 0.3) is 0 Å². The van der Waals surface area contributed by atoms with E-state index in [9.17, 15) is 8.42 Å². The predicted molar refractivity (Wildman–Crippen MR) is 54.5 cm³/mol. The van der Waals surface area contributed by atoms with Crippen molar-refractivity contribution in [1.29, 1.82) is 0 Å². The smallest absolute Gasteiger partial charge is 0.236 e. The van der Waals surface area contributed by atoms with E-state index in [2.05, 4.69) is 20.0 Å². The Morgan fingerprint density at radius 2 is 2.36 bits per heavy atom. The Balaban J connectivity index is 2.42. The maximum Gasteiger partial charge on any atom is 0.236 e. The Morgan fingerprint density at radius 1 is 1.57 bits per heavy atom. The zero-order valence-electron chi connectivity index (χ0n) is 7.95. The Morgan fingerprint density at radius 3 is 2.93 bits per heavy atom. The molecule has 0 aliphatic rings. The summed E-state index contributed by atoms with van der Waals surface area (Å²) in [5.41, 5.74) is 0. The van der Waals surface area contributed by atoms with Gasteiger partial charge in [0, 0.05) is 18.9 Å². The second-order valence-electron chi connectivity index (χ2n) is 2.71. The van der Waals surface area contributed by atoms with Crippen LogP contribution in [0.5, 0.6) is 0 Å². The van der Waals surface area contributed by atoms with E-state index >= 15 is 0 Å². The van der Waals surface area contributed by atoms with Crippen molar-refractivity contribution in [3.8, 4) is 0 Å². The van der Waals surface area contributed by atoms with Crippen LogP contribution in [0.15, 0.2) is 12.4 Å². The van der Waals surface area contributed by atoms with Crippen molar-refractivity contribution >= 4 is 16.0 Å². The molecule has 0 fully saturated rings. The summed E-state index contributed by atoms with van der Waals surface area (Å²) in [6, 6.07) is 0. The number of hydrogen-bond acceptors (Lipinski definition) is 4. The van der Waals surface area contributed by atoms with E-state index in [4.69, 9.17) is 0 Å². The van der Waals surface area contributed by atoms with Gasteiger partial charge in [-0.3, -0.25) is 4.72 Å². The first-order valence-electron chi connectivity index (χ1n) is 4.34. The van der Waals surface area contributed by atoms with Gasteiger partial charge in [0.15, 0.2) is 0 Å². The molecule has 1 rings (SSSR count). The van der Waals surface area contributed by atoms with Gasteiger partial charge in [0.2, 0.25) is 16.0 Å². The maximum atomic E-state index is 11.4. The third-order valence-corrected chi connectivity index (χ3v) is 2.79. The molecule has 7 heteroatoms. The summed E-state index contributed by atoms with van der Waals surface area (Å²) in [7, 11) is -3.28. The summed E-state index contributed by atoms with van der Waals surface area (Å²) in [5, 5.41) is 2.93. The van der Waals surface area contributed by atoms with Crippen molar-refractivity contribution < 1.29 is 8.42 Å². The molecule has 1 aromatic heterocycles. The Hall–Kier alpha value is -1.08. The van der Waals surface area contributed by atoms with Crippen molar-refractivity contribution in [2.75, 3.05) is 23.6 Å². The van der Waals surface area contributed by atoms with E-state index in [0.29, 0.717) is 6.54 Å². The van der Waals surface area contributed by atoms with Crippen molar-refractivity contribution in [1.82, 2.24) is 15.3 Å². The number of hydrogen-bond donors (Lipinski definition) is 3. The van der Waals surface area contributed by atoms with E-state index in [1.54, 1.807) is 6.20 Å². The van der Waals surface area contributed by atoms with Crippen LogP contribution >= 0.6 is 0 Å². The highest BCUT2D eigenvalue weighted by molar-refractivity contribution is 7.92. The van der Waals surface area contributed by atoms with Gasteiger partial charge in [-0.05, 0) is 6.54 Å². The number of aromatic amines is 1. The molecule has 0 amide bonds. The highest BCUT2D eigenvalue weighted by atomic mass is 32.2. The summed E-state index contributed by atoms with van der Waals surface area (Å²) in [4.78, 5) is 6.43. The summed E-state index contributed by atoms with van der Waals surface area (Å²) in [5.74, 6) is 0.295. The lowest BCUT2D eigenvalue weighted by molar-refractivity contribution is 0.597. The molecule has 0 aromatic carbocycles. The summed E-state index contributed by atoms with van der Waals surface area (Å²) in [6.45, 7) is 3.12. The molecule has 1 aromatic rings. The van der Waals surface area contributed by atoms with Gasteiger partial charge in [-0.25, -0.2) is 13.4 Å². The molecule has 0 spiro atoms. The van der Waals surface area contributed by atoms with Gasteiger partial charge in [-0.2, -0.15) is 0 Å². The fourth-order valence-corrected chi connectivity index (χ4v) is 1.82. The van der Waals surface area contributed by atoms with E-state index in [1.165, 1.54) is 6.20 Å². The van der Waals surface area contributed by atoms with Crippen LogP contribution in [0.4, 0.5) is 5.95 Å². The van der Waals surface area contributed by atoms with Crippen LogP contribution in [0.1, 0.15) is 6.92 Å². The highest BCUT2D eigenvalue weighted by Gasteiger charge is 2.10. The standard InChI is InChI=1S/C7H14N4O2S/c1-2-8-5-6-14(12,13)11-7-9-3-4-10-7/h3-4,8H,2,5-6H2,1H3,(H2,9,10,11). The van der Waals surface area contributed by atoms with E-state index < -0.39 is 10.0 Å². The van der Waals surface area contributed by atoms with Gasteiger partial charge >= 0.3 is 0 Å². The van der Waals surface area contributed by atoms with Gasteiger partial charge < -0.3 is 10.3 Å². The fraction of sp³-hybridized carbons (Fsp3) is 0.571. The second kappa shape index (κ2) is 4.97. The molecular formula is C7H14N4O2S. The summed E-state index contributed by atoms with van der Waals surface area (Å²) < 4.78 is 25.0. The van der Waals surface area contributed by atoms with Gasteiger partial charge in [0.25, 0.3) is 0 Å². The third-order valence-electron chi connectivity index (χ3n) is 1.55. The Kier molecular flexibility index (Phi) is 3.90. The van der Waals surface area contributed by atoms with Crippen LogP contribution in [0, 0.1) is 0 Å². The molecule has 0 aliphatic heterocycles. The number of aromatic nitrogens is 2. The zero-order valence-corrected chi connectivity index (χ0v) is 8.76. The number of sulfonamides is 1. The average molecular weight is 218 g/mol. The SMILES string of the molecule is CCNCCS(=O)(=O)Nc1ncc[nH]1. The quantitative estimate of drug-likeness (QED) is 0.575. The number of anilines is 1. The topological polar surface area (TPSA) is 86.9 Å². The minimum atomic E-state index is -3.28. The summed E-state index contributed by atoms with van der Waals surface area (Å²) in [6.07, 6.45) is 3.05. The lowest BCUT2D eigenvalue weighted by Crippen LogP contribution is -2.26. The van der Waals surface area contributed by atoms with Crippen LogP contribution in [0.3, 0.4) is 0 Å². The fourth-order valence-electron chi connectivity index (χ4n) is 0.903. The molecule has 0 bridgehead atoms. The molecule has 0 saturated carbocycles. The van der Waals surface area contributed by atoms with Crippen LogP contribution in [-0.4, -0.2) is 37.2 Å². The van der Waals surface area contributed by atoms with Gasteiger partial charge in [0.1, 0.15) is 0 Å². The monoisotopic (exact) mass is 218 g/mol. The lowest BCUT2D eigenvalue weighted by atomic mass is 10.7. The number of nitrogens with zero attached hydrogens (tertiary/aromatic N) is 1. The molecule has 1 heterocycles. The number of nitrogens with one attached hydrogen (secondary N) is 3. The minimum absolute atomic E-state index is 0.0432. The van der Waals surface area contributed by atoms with Crippen LogP contribution in [0.2, 0.25) is 0 Å². The molecule has 6 nitrogen and oxygen atoms in total. The van der Waals surface area contributed by atoms with Crippen molar-refractivity contribution in [2.24, 2.45) is 0 Å². The molecule has 0 atom stereocenters. The zero-order chi connectivity index (χ0) is 10.4. The van der Waals surface area contributed by atoms with Crippen LogP contribution < -0.4 is 10.0 Å². The molecule has 14 heavy (non-hydrogen) atoms. The van der Waals surface area contributed by atoms with Crippen molar-refractivity contribution in [3.05, 3.63) is 12.4 Å². The normalized spacial score (nSPS) is 11.5. The van der Waals surface area contributed by atoms with Crippen LogP contribution in [-0.2, 0) is 10.0 Å². The Labute approximate surface area is 83.2 Å². The first-order chi connectivity index (χ1) is 6.64. The first kappa shape index (κ1) is 11.0. The largest absolute Gasteiger partial charge is 0.330 e. The minimum Gasteiger partial charge on any atom is -0.330 e. The second-order valence-corrected chi connectivity index (χ2v) is 4.55. The van der Waals surface area contributed by atoms with Gasteiger partial charge in [-0.15, -0.1) is 0 Å². The Bertz CT molecular complexity index is 346. The van der Waals surface area contributed by atoms with E-state index in [-0.39, 0.29) is 11.7 Å². The van der Waals surface area contributed by atoms with E-state index in [0.717, 1.165) is 6.54 Å². The van der Waals surface area contributed by atoms with E-state index in [1.807, 2.05) is 6.92 Å². The molecule has 0 aliphatic carbocycles. The van der Waals surface area contributed by atoms with Crippen molar-refractivity contribution in [3.63, 3.8) is 0 Å². The molecule has 0 radical (unpaired) electrons. The summed E-state index contributed by atoms with van der Waals surface area (Å²) >= 11 is 0. The molecule has 0 unspecified atom stereocenters. The maximum absolute atomic E-state index is 11.4. The van der Waals surface area contributed by atoms with Gasteiger partial charge in [-0.1, -0.05) is 6.92 Å². The molecule has 3 N–H and O–H groups in total. The molecule has 0 saturated heterocycles. The third kappa shape index (κ3) is 3.75.